The molecule has 0 fully saturated rings. The number of aryl methyl sites for hydroxylation is 2. The first kappa shape index (κ1) is 19.9. The number of aromatic nitrogens is 1. The predicted octanol–water partition coefficient (Wildman–Crippen LogP) is 6.44. The Morgan fingerprint density at radius 2 is 2.04 bits per heavy atom. The molecule has 1 amide bonds. The summed E-state index contributed by atoms with van der Waals surface area (Å²) in [4.78, 5) is 18.5. The molecule has 27 heavy (non-hydrogen) atoms. The number of benzene rings is 2. The lowest BCUT2D eigenvalue weighted by molar-refractivity contribution is -0.115. The molecule has 0 aliphatic rings. The average Bonchev–Trinajstić information content (AvgIpc) is 3.05. The van der Waals surface area contributed by atoms with Gasteiger partial charge in [-0.05, 0) is 59.1 Å². The molecule has 0 spiro atoms. The molecule has 3 rings (SSSR count). The Hall–Kier alpha value is -1.89. The van der Waals surface area contributed by atoms with E-state index in [9.17, 15) is 4.79 Å². The van der Waals surface area contributed by atoms with E-state index in [1.54, 1.807) is 4.90 Å². The largest absolute Gasteiger partial charge is 0.486 e. The lowest BCUT2D eigenvalue weighted by atomic mass is 10.1. The number of anilines is 2. The maximum Gasteiger partial charge on any atom is 0.230 e. The molecule has 0 saturated carbocycles. The van der Waals surface area contributed by atoms with E-state index >= 15 is 0 Å². The van der Waals surface area contributed by atoms with Crippen LogP contribution in [0.1, 0.15) is 23.7 Å². The van der Waals surface area contributed by atoms with E-state index in [2.05, 4.69) is 20.9 Å². The minimum Gasteiger partial charge on any atom is -0.486 e. The van der Waals surface area contributed by atoms with Crippen molar-refractivity contribution in [1.29, 1.82) is 0 Å². The average molecular weight is 466 g/mol. The number of carbonyl (C=O) groups is 1. The molecule has 0 bridgehead atoms. The van der Waals surface area contributed by atoms with Crippen molar-refractivity contribution in [2.45, 2.75) is 27.4 Å². The number of hydrogen-bond acceptors (Lipinski definition) is 4. The molecule has 0 radical (unpaired) electrons. The van der Waals surface area contributed by atoms with Crippen LogP contribution >= 0.6 is 38.9 Å². The normalized spacial score (nSPS) is 10.7. The maximum atomic E-state index is 12.4. The van der Waals surface area contributed by atoms with Crippen LogP contribution in [-0.2, 0) is 11.4 Å². The summed E-state index contributed by atoms with van der Waals surface area (Å²) in [5, 5.41) is 2.99. The van der Waals surface area contributed by atoms with Gasteiger partial charge in [-0.3, -0.25) is 9.69 Å². The van der Waals surface area contributed by atoms with Crippen LogP contribution in [0, 0.1) is 13.8 Å². The zero-order valence-corrected chi connectivity index (χ0v) is 18.3. The lowest BCUT2D eigenvalue weighted by Gasteiger charge is -2.22. The fourth-order valence-corrected chi connectivity index (χ4v) is 4.42. The number of nitrogens with zero attached hydrogens (tertiary/aromatic N) is 2. The number of rotatable bonds is 5. The fourth-order valence-electron chi connectivity index (χ4n) is 2.76. The van der Waals surface area contributed by atoms with Gasteiger partial charge in [0.05, 0.1) is 20.9 Å². The molecular weight excluding hydrogens is 448 g/mol. The van der Waals surface area contributed by atoms with E-state index in [0.717, 1.165) is 27.0 Å². The molecule has 0 saturated heterocycles. The van der Waals surface area contributed by atoms with Crippen molar-refractivity contribution in [1.82, 2.24) is 4.98 Å². The first-order chi connectivity index (χ1) is 12.9. The van der Waals surface area contributed by atoms with Crippen LogP contribution in [0.2, 0.25) is 5.02 Å². The summed E-state index contributed by atoms with van der Waals surface area (Å²) in [6.45, 7) is 5.73. The Bertz CT molecular complexity index is 967. The number of halogens is 2. The highest BCUT2D eigenvalue weighted by molar-refractivity contribution is 9.10. The molecular formula is C20H18BrClN2O2S. The topological polar surface area (TPSA) is 42.4 Å². The zero-order valence-electron chi connectivity index (χ0n) is 15.1. The standard InChI is InChI=1S/C20H18BrClN2O2S/c1-12-8-13(2)19(17(22)9-12)24(14(3)25)20-23-15(11-27-20)10-26-18-7-5-4-6-16(18)21/h4-9,11H,10H2,1-3H3. The van der Waals surface area contributed by atoms with Crippen LogP contribution in [0.15, 0.2) is 46.3 Å². The number of amides is 1. The third kappa shape index (κ3) is 4.51. The Kier molecular flexibility index (Phi) is 6.19. The van der Waals surface area contributed by atoms with Gasteiger partial charge >= 0.3 is 0 Å². The number of hydrogen-bond donors (Lipinski definition) is 0. The van der Waals surface area contributed by atoms with E-state index in [1.807, 2.05) is 55.6 Å². The van der Waals surface area contributed by atoms with Crippen LogP contribution in [0.3, 0.4) is 0 Å². The minimum atomic E-state index is -0.142. The smallest absolute Gasteiger partial charge is 0.230 e. The Morgan fingerprint density at radius 1 is 1.30 bits per heavy atom. The zero-order chi connectivity index (χ0) is 19.6. The highest BCUT2D eigenvalue weighted by Crippen LogP contribution is 2.37. The summed E-state index contributed by atoms with van der Waals surface area (Å²) < 4.78 is 6.70. The third-order valence-electron chi connectivity index (χ3n) is 3.88. The van der Waals surface area contributed by atoms with Crippen molar-refractivity contribution in [3.8, 4) is 5.75 Å². The summed E-state index contributed by atoms with van der Waals surface area (Å²) in [7, 11) is 0. The van der Waals surface area contributed by atoms with Gasteiger partial charge in [0.15, 0.2) is 5.13 Å². The number of carbonyl (C=O) groups excluding carboxylic acids is 1. The third-order valence-corrected chi connectivity index (χ3v) is 5.70. The van der Waals surface area contributed by atoms with Gasteiger partial charge < -0.3 is 4.74 Å². The lowest BCUT2D eigenvalue weighted by Crippen LogP contribution is -2.24. The summed E-state index contributed by atoms with van der Waals surface area (Å²) in [5.41, 5.74) is 3.39. The van der Waals surface area contributed by atoms with Gasteiger partial charge in [0.1, 0.15) is 12.4 Å². The van der Waals surface area contributed by atoms with Crippen LogP contribution in [0.5, 0.6) is 5.75 Å². The van der Waals surface area contributed by atoms with Gasteiger partial charge in [0.2, 0.25) is 5.91 Å². The second-order valence-electron chi connectivity index (χ2n) is 6.11. The number of thiazole rings is 1. The predicted molar refractivity (Wildman–Crippen MR) is 114 cm³/mol. The maximum absolute atomic E-state index is 12.4. The SMILES string of the molecule is CC(=O)N(c1nc(COc2ccccc2Br)cs1)c1c(C)cc(C)cc1Cl. The molecule has 0 atom stereocenters. The summed E-state index contributed by atoms with van der Waals surface area (Å²) in [6.07, 6.45) is 0. The van der Waals surface area contributed by atoms with Gasteiger partial charge in [0, 0.05) is 12.3 Å². The Balaban J connectivity index is 1.87. The molecule has 140 valence electrons. The second-order valence-corrected chi connectivity index (χ2v) is 8.21. The minimum absolute atomic E-state index is 0.142. The van der Waals surface area contributed by atoms with Gasteiger partial charge in [-0.1, -0.05) is 29.8 Å². The van der Waals surface area contributed by atoms with Crippen molar-refractivity contribution in [3.63, 3.8) is 0 Å². The highest BCUT2D eigenvalue weighted by atomic mass is 79.9. The van der Waals surface area contributed by atoms with Crippen LogP contribution in [-0.4, -0.2) is 10.9 Å². The molecule has 3 aromatic rings. The number of ether oxygens (including phenoxy) is 1. The van der Waals surface area contributed by atoms with Crippen molar-refractivity contribution in [3.05, 3.63) is 68.1 Å². The molecule has 0 N–H and O–H groups in total. The quantitative estimate of drug-likeness (QED) is 0.435. The van der Waals surface area contributed by atoms with Crippen LogP contribution in [0.25, 0.3) is 0 Å². The second kappa shape index (κ2) is 8.42. The van der Waals surface area contributed by atoms with E-state index < -0.39 is 0 Å². The van der Waals surface area contributed by atoms with Crippen molar-refractivity contribution < 1.29 is 9.53 Å². The molecule has 1 heterocycles. The summed E-state index contributed by atoms with van der Waals surface area (Å²) in [6, 6.07) is 11.5. The van der Waals surface area contributed by atoms with Crippen molar-refractivity contribution in [2.24, 2.45) is 0 Å². The molecule has 4 nitrogen and oxygen atoms in total. The molecule has 0 aliphatic carbocycles. The highest BCUT2D eigenvalue weighted by Gasteiger charge is 2.22. The molecule has 2 aromatic carbocycles. The number of para-hydroxylation sites is 1. The molecule has 7 heteroatoms. The van der Waals surface area contributed by atoms with Crippen molar-refractivity contribution in [2.75, 3.05) is 4.90 Å². The first-order valence-corrected chi connectivity index (χ1v) is 10.3. The van der Waals surface area contributed by atoms with Gasteiger partial charge in [-0.15, -0.1) is 11.3 Å². The summed E-state index contributed by atoms with van der Waals surface area (Å²) in [5.74, 6) is 0.601. The van der Waals surface area contributed by atoms with Gasteiger partial charge in [-0.2, -0.15) is 0 Å². The first-order valence-electron chi connectivity index (χ1n) is 8.26. The Morgan fingerprint density at radius 3 is 2.70 bits per heavy atom. The Labute approximate surface area is 175 Å². The van der Waals surface area contributed by atoms with Gasteiger partial charge in [-0.25, -0.2) is 4.98 Å². The van der Waals surface area contributed by atoms with Crippen LogP contribution in [0.4, 0.5) is 10.8 Å². The molecule has 1 aromatic heterocycles. The summed E-state index contributed by atoms with van der Waals surface area (Å²) >= 11 is 11.3. The fraction of sp³-hybridized carbons (Fsp3) is 0.200. The van der Waals surface area contributed by atoms with Gasteiger partial charge in [0.25, 0.3) is 0 Å². The molecule has 0 unspecified atom stereocenters. The van der Waals surface area contributed by atoms with E-state index in [-0.39, 0.29) is 5.91 Å². The van der Waals surface area contributed by atoms with E-state index in [0.29, 0.717) is 22.4 Å². The van der Waals surface area contributed by atoms with E-state index in [1.165, 1.54) is 18.3 Å². The van der Waals surface area contributed by atoms with Crippen molar-refractivity contribution >= 4 is 55.6 Å². The molecule has 0 aliphatic heterocycles. The van der Waals surface area contributed by atoms with E-state index in [4.69, 9.17) is 16.3 Å². The monoisotopic (exact) mass is 464 g/mol. The van der Waals surface area contributed by atoms with Crippen LogP contribution < -0.4 is 9.64 Å².